The number of hydrogen-bond donors (Lipinski definition) is 2. The van der Waals surface area contributed by atoms with Crippen LogP contribution in [0.15, 0.2) is 82.8 Å². The monoisotopic (exact) mass is 562 g/mol. The van der Waals surface area contributed by atoms with Crippen molar-refractivity contribution >= 4 is 34.9 Å². The molecule has 2 aromatic carbocycles. The number of rotatable bonds is 7. The summed E-state index contributed by atoms with van der Waals surface area (Å²) in [4.78, 5) is 27.2. The summed E-state index contributed by atoms with van der Waals surface area (Å²) < 4.78 is 2.16. The van der Waals surface area contributed by atoms with Crippen molar-refractivity contribution in [2.75, 3.05) is 18.0 Å². The number of hydrogen-bond acceptors (Lipinski definition) is 5. The van der Waals surface area contributed by atoms with Crippen LogP contribution in [-0.2, 0) is 20.4 Å². The molecule has 214 valence electrons. The molecule has 42 heavy (non-hydrogen) atoms. The lowest BCUT2D eigenvalue weighted by Gasteiger charge is -2.28. The van der Waals surface area contributed by atoms with Crippen LogP contribution in [0, 0.1) is 11.3 Å². The molecular formula is C35H36N3O4+. The van der Waals surface area contributed by atoms with Gasteiger partial charge in [-0.3, -0.25) is 4.79 Å². The minimum atomic E-state index is -1.27. The molecular weight excluding hydrogens is 526 g/mol. The molecule has 7 heteroatoms. The number of benzene rings is 2. The highest BCUT2D eigenvalue weighted by Crippen LogP contribution is 2.49. The number of aliphatic hydroxyl groups is 1. The second-order valence-electron chi connectivity index (χ2n) is 12.0. The van der Waals surface area contributed by atoms with Crippen LogP contribution < -0.4 is 4.90 Å². The SMILES string of the molecule is CCC[N+]1=C(/C=C2\C(=O)C(/C=C3/N(CC)c4ccccc4C3(C)C)=C2O)C(C)(C)c2cc(/C=C(\C#N)C(=O)O)ccc21. The number of nitriles is 1. The molecule has 0 saturated carbocycles. The summed E-state index contributed by atoms with van der Waals surface area (Å²) >= 11 is 0. The van der Waals surface area contributed by atoms with Crippen LogP contribution >= 0.6 is 0 Å². The van der Waals surface area contributed by atoms with Crippen molar-refractivity contribution < 1.29 is 24.4 Å². The summed E-state index contributed by atoms with van der Waals surface area (Å²) in [5.74, 6) is -1.47. The van der Waals surface area contributed by atoms with E-state index in [0.717, 1.165) is 41.3 Å². The first kappa shape index (κ1) is 28.8. The van der Waals surface area contributed by atoms with E-state index in [1.54, 1.807) is 18.2 Å². The Kier molecular flexibility index (Phi) is 7.06. The Morgan fingerprint density at radius 2 is 1.76 bits per heavy atom. The maximum atomic E-state index is 13.6. The van der Waals surface area contributed by atoms with Crippen molar-refractivity contribution in [2.45, 2.75) is 58.8 Å². The number of carbonyl (C=O) groups excluding carboxylic acids is 1. The lowest BCUT2D eigenvalue weighted by atomic mass is 9.77. The first-order valence-electron chi connectivity index (χ1n) is 14.3. The molecule has 2 aliphatic heterocycles. The van der Waals surface area contributed by atoms with Crippen molar-refractivity contribution in [1.82, 2.24) is 0 Å². The van der Waals surface area contributed by atoms with Crippen molar-refractivity contribution in [1.29, 1.82) is 5.26 Å². The number of fused-ring (bicyclic) bond motifs is 2. The molecule has 0 bridgehead atoms. The number of allylic oxidation sites excluding steroid dienone is 5. The van der Waals surface area contributed by atoms with Crippen LogP contribution in [0.25, 0.3) is 6.08 Å². The van der Waals surface area contributed by atoms with Crippen molar-refractivity contribution in [3.63, 3.8) is 0 Å². The quantitative estimate of drug-likeness (QED) is 0.227. The lowest BCUT2D eigenvalue weighted by molar-refractivity contribution is -0.437. The highest BCUT2D eigenvalue weighted by Gasteiger charge is 2.47. The average molecular weight is 563 g/mol. The number of anilines is 1. The highest BCUT2D eigenvalue weighted by atomic mass is 16.4. The Labute approximate surface area is 246 Å². The largest absolute Gasteiger partial charge is 0.506 e. The van der Waals surface area contributed by atoms with E-state index in [-0.39, 0.29) is 28.1 Å². The zero-order chi connectivity index (χ0) is 30.6. The predicted octanol–water partition coefficient (Wildman–Crippen LogP) is 6.49. The topological polar surface area (TPSA) is 105 Å². The van der Waals surface area contributed by atoms with E-state index in [1.807, 2.05) is 44.2 Å². The standard InChI is InChI=1S/C35H35N3O4/c1-7-15-38-28-14-13-21(16-22(20-36)33(41)42)17-26(28)35(5,6)30(38)19-24-31(39)23(32(24)40)18-29-34(3,4)25-11-9-10-12-27(25)37(29)8-2/h9-14,16-19H,7-8,15H2,1-6H3,(H-,39,40,41,42)/p+1/b22-16+. The molecule has 0 spiro atoms. The average Bonchev–Trinajstić information content (AvgIpc) is 3.31. The van der Waals surface area contributed by atoms with E-state index < -0.39 is 11.4 Å². The summed E-state index contributed by atoms with van der Waals surface area (Å²) in [5, 5.41) is 29.8. The Bertz CT molecular complexity index is 1740. The number of carbonyl (C=O) groups is 2. The van der Waals surface area contributed by atoms with Crippen LogP contribution in [0.4, 0.5) is 11.4 Å². The number of nitrogens with zero attached hydrogens (tertiary/aromatic N) is 3. The van der Waals surface area contributed by atoms with Gasteiger partial charge in [0.05, 0.1) is 16.6 Å². The van der Waals surface area contributed by atoms with Gasteiger partial charge in [0.25, 0.3) is 0 Å². The van der Waals surface area contributed by atoms with Crippen molar-refractivity contribution in [3.05, 3.63) is 99.5 Å². The summed E-state index contributed by atoms with van der Waals surface area (Å²) in [6.07, 6.45) is 5.87. The summed E-state index contributed by atoms with van der Waals surface area (Å²) in [5.41, 5.74) is 6.10. The number of ketones is 1. The van der Waals surface area contributed by atoms with Gasteiger partial charge in [-0.05, 0) is 62.2 Å². The number of para-hydroxylation sites is 1. The number of aliphatic hydroxyl groups excluding tert-OH is 1. The molecule has 0 radical (unpaired) electrons. The molecule has 1 aliphatic carbocycles. The molecule has 0 fully saturated rings. The van der Waals surface area contributed by atoms with Gasteiger partial charge in [0.1, 0.15) is 23.9 Å². The molecule has 2 aromatic rings. The predicted molar refractivity (Wildman–Crippen MR) is 164 cm³/mol. The third kappa shape index (κ3) is 4.30. The fraction of sp³-hybridized carbons (Fsp3) is 0.314. The Hall–Kier alpha value is -4.70. The van der Waals surface area contributed by atoms with Gasteiger partial charge in [-0.2, -0.15) is 9.84 Å². The van der Waals surface area contributed by atoms with E-state index >= 15 is 0 Å². The van der Waals surface area contributed by atoms with Crippen LogP contribution in [0.2, 0.25) is 0 Å². The summed E-state index contributed by atoms with van der Waals surface area (Å²) in [7, 11) is 0. The van der Waals surface area contributed by atoms with Crippen LogP contribution in [-0.4, -0.2) is 45.3 Å². The van der Waals surface area contributed by atoms with E-state index in [4.69, 9.17) is 0 Å². The van der Waals surface area contributed by atoms with E-state index in [2.05, 4.69) is 49.3 Å². The van der Waals surface area contributed by atoms with Gasteiger partial charge in [0, 0.05) is 47.5 Å². The smallest absolute Gasteiger partial charge is 0.346 e. The molecule has 5 rings (SSSR count). The van der Waals surface area contributed by atoms with Crippen molar-refractivity contribution in [3.8, 4) is 6.07 Å². The number of aliphatic carboxylic acids is 1. The molecule has 0 amide bonds. The second-order valence-corrected chi connectivity index (χ2v) is 12.0. The van der Waals surface area contributed by atoms with Crippen LogP contribution in [0.3, 0.4) is 0 Å². The number of carboxylic acids is 1. The molecule has 0 unspecified atom stereocenters. The first-order valence-corrected chi connectivity index (χ1v) is 14.3. The van der Waals surface area contributed by atoms with Gasteiger partial charge in [0.15, 0.2) is 5.71 Å². The normalized spacial score (nSPS) is 20.6. The van der Waals surface area contributed by atoms with Gasteiger partial charge in [0.2, 0.25) is 11.5 Å². The lowest BCUT2D eigenvalue weighted by Crippen LogP contribution is -2.32. The van der Waals surface area contributed by atoms with Gasteiger partial charge in [-0.1, -0.05) is 39.0 Å². The number of carboxylic acid groups (broad SMARTS) is 1. The molecule has 2 N–H and O–H groups in total. The van der Waals surface area contributed by atoms with Crippen LogP contribution in [0.1, 0.15) is 64.7 Å². The summed E-state index contributed by atoms with van der Waals surface area (Å²) in [6.45, 7) is 14.0. The maximum Gasteiger partial charge on any atom is 0.346 e. The zero-order valence-electron chi connectivity index (χ0n) is 24.9. The van der Waals surface area contributed by atoms with E-state index in [1.165, 1.54) is 11.6 Å². The zero-order valence-corrected chi connectivity index (χ0v) is 24.9. The second kappa shape index (κ2) is 10.3. The summed E-state index contributed by atoms with van der Waals surface area (Å²) in [6, 6.07) is 15.6. The number of likely N-dealkylation sites (N-methyl/N-ethyl adjacent to an activating group) is 1. The molecule has 3 aliphatic rings. The molecule has 0 atom stereocenters. The molecule has 0 aromatic heterocycles. The minimum Gasteiger partial charge on any atom is -0.506 e. The fourth-order valence-electron chi connectivity index (χ4n) is 6.44. The van der Waals surface area contributed by atoms with Crippen LogP contribution in [0.5, 0.6) is 0 Å². The third-order valence-electron chi connectivity index (χ3n) is 8.70. The Morgan fingerprint density at radius 3 is 2.38 bits per heavy atom. The Balaban J connectivity index is 1.56. The van der Waals surface area contributed by atoms with Gasteiger partial charge in [-0.25, -0.2) is 4.79 Å². The van der Waals surface area contributed by atoms with E-state index in [9.17, 15) is 25.1 Å². The number of Topliss-reactive ketones (excluding diaryl/α,β-unsaturated/α-hetero) is 1. The minimum absolute atomic E-state index is 0.00486. The fourth-order valence-corrected chi connectivity index (χ4v) is 6.44. The third-order valence-corrected chi connectivity index (χ3v) is 8.70. The van der Waals surface area contributed by atoms with Gasteiger partial charge in [-0.15, -0.1) is 0 Å². The molecule has 0 saturated heterocycles. The first-order chi connectivity index (χ1) is 19.9. The highest BCUT2D eigenvalue weighted by molar-refractivity contribution is 6.24. The maximum absolute atomic E-state index is 13.6. The van der Waals surface area contributed by atoms with Gasteiger partial charge < -0.3 is 15.1 Å². The van der Waals surface area contributed by atoms with E-state index in [0.29, 0.717) is 17.7 Å². The van der Waals surface area contributed by atoms with Crippen molar-refractivity contribution in [2.24, 2.45) is 0 Å². The molecule has 7 nitrogen and oxygen atoms in total. The molecule has 2 heterocycles. The Morgan fingerprint density at radius 1 is 1.05 bits per heavy atom. The van der Waals surface area contributed by atoms with Gasteiger partial charge >= 0.3 is 5.97 Å².